The lowest BCUT2D eigenvalue weighted by atomic mass is 10.0. The van der Waals surface area contributed by atoms with Gasteiger partial charge in [-0.2, -0.15) is 0 Å². The van der Waals surface area contributed by atoms with Gasteiger partial charge in [-0.05, 0) is 19.9 Å². The van der Waals surface area contributed by atoms with Crippen molar-refractivity contribution in [2.75, 3.05) is 4.81 Å². The monoisotopic (exact) mass is 183 g/mol. The van der Waals surface area contributed by atoms with Gasteiger partial charge in [-0.25, -0.2) is 0 Å². The lowest BCUT2D eigenvalue weighted by Gasteiger charge is -2.08. The van der Waals surface area contributed by atoms with Crippen molar-refractivity contribution in [1.29, 1.82) is 0 Å². The molecule has 0 aliphatic carbocycles. The van der Waals surface area contributed by atoms with E-state index in [0.29, 0.717) is 0 Å². The van der Waals surface area contributed by atoms with E-state index in [1.54, 1.807) is 0 Å². The number of para-hydroxylation sites is 1. The molecule has 0 atom stereocenters. The molecule has 0 bridgehead atoms. The number of allylic oxidation sites excluding steroid dienone is 1. The number of nitrogens with zero attached hydrogens (tertiary/aromatic N) is 1. The summed E-state index contributed by atoms with van der Waals surface area (Å²) in [5, 5.41) is 0. The smallest absolute Gasteiger partial charge is 0.245 e. The van der Waals surface area contributed by atoms with Gasteiger partial charge in [0.1, 0.15) is 0 Å². The predicted molar refractivity (Wildman–Crippen MR) is 58.0 cm³/mol. The number of fused-ring (bicyclic) bond motifs is 1. The molecule has 0 saturated carbocycles. The average molecular weight is 183 g/mol. The van der Waals surface area contributed by atoms with E-state index in [0.717, 1.165) is 22.4 Å². The molecule has 1 aliphatic heterocycles. The Morgan fingerprint density at radius 1 is 1.29 bits per heavy atom. The predicted octanol–water partition coefficient (Wildman–Crippen LogP) is 1.91. The number of hydrogen-bond donors (Lipinski definition) is 0. The van der Waals surface area contributed by atoms with Gasteiger partial charge in [0.05, 0.1) is 0 Å². The maximum Gasteiger partial charge on any atom is 0.245 e. The van der Waals surface area contributed by atoms with E-state index in [4.69, 9.17) is 7.98 Å². The van der Waals surface area contributed by atoms with E-state index in [-0.39, 0.29) is 5.91 Å². The van der Waals surface area contributed by atoms with Gasteiger partial charge in [-0.3, -0.25) is 4.79 Å². The van der Waals surface area contributed by atoms with Crippen molar-refractivity contribution >= 4 is 25.1 Å². The molecule has 2 nitrogen and oxygen atoms in total. The van der Waals surface area contributed by atoms with E-state index in [1.807, 2.05) is 38.1 Å². The van der Waals surface area contributed by atoms with Crippen LogP contribution in [0.25, 0.3) is 5.57 Å². The first-order valence-electron chi connectivity index (χ1n) is 4.49. The Labute approximate surface area is 84.7 Å². The SMILES string of the molecule is [B]N1C(=O)C(=C(C)C)c2ccccc21. The summed E-state index contributed by atoms with van der Waals surface area (Å²) in [6, 6.07) is 7.56. The van der Waals surface area contributed by atoms with Crippen LogP contribution in [0.3, 0.4) is 0 Å². The fourth-order valence-electron chi connectivity index (χ4n) is 1.72. The van der Waals surface area contributed by atoms with Crippen LogP contribution in [0.1, 0.15) is 19.4 Å². The molecule has 1 aromatic carbocycles. The van der Waals surface area contributed by atoms with Gasteiger partial charge < -0.3 is 4.81 Å². The van der Waals surface area contributed by atoms with Gasteiger partial charge in [-0.15, -0.1) is 0 Å². The van der Waals surface area contributed by atoms with E-state index < -0.39 is 0 Å². The molecule has 68 valence electrons. The van der Waals surface area contributed by atoms with Crippen LogP contribution in [-0.4, -0.2) is 13.9 Å². The molecular weight excluding hydrogens is 173 g/mol. The van der Waals surface area contributed by atoms with Crippen LogP contribution in [-0.2, 0) is 4.79 Å². The van der Waals surface area contributed by atoms with Gasteiger partial charge in [0, 0.05) is 16.8 Å². The van der Waals surface area contributed by atoms with E-state index in [2.05, 4.69) is 0 Å². The summed E-state index contributed by atoms with van der Waals surface area (Å²) in [5.74, 6) is -0.119. The molecule has 1 amide bonds. The summed E-state index contributed by atoms with van der Waals surface area (Å²) in [6.45, 7) is 3.84. The molecule has 2 radical (unpaired) electrons. The Morgan fingerprint density at radius 2 is 1.93 bits per heavy atom. The van der Waals surface area contributed by atoms with Crippen molar-refractivity contribution < 1.29 is 4.79 Å². The van der Waals surface area contributed by atoms with Crippen LogP contribution in [0.15, 0.2) is 29.8 Å². The summed E-state index contributed by atoms with van der Waals surface area (Å²) in [5.41, 5.74) is 3.44. The molecule has 0 unspecified atom stereocenters. The van der Waals surface area contributed by atoms with Crippen molar-refractivity contribution in [1.82, 2.24) is 0 Å². The number of anilines is 1. The quantitative estimate of drug-likeness (QED) is 0.444. The Morgan fingerprint density at radius 3 is 2.57 bits per heavy atom. The van der Waals surface area contributed by atoms with Gasteiger partial charge in [0.25, 0.3) is 0 Å². The fourth-order valence-corrected chi connectivity index (χ4v) is 1.72. The molecule has 2 rings (SSSR count). The highest BCUT2D eigenvalue weighted by molar-refractivity contribution is 6.46. The zero-order chi connectivity index (χ0) is 10.3. The van der Waals surface area contributed by atoms with Crippen molar-refractivity contribution in [3.05, 3.63) is 35.4 Å². The number of carbonyl (C=O) groups is 1. The summed E-state index contributed by atoms with van der Waals surface area (Å²) >= 11 is 0. The second kappa shape index (κ2) is 3.01. The van der Waals surface area contributed by atoms with Crippen molar-refractivity contribution in [2.45, 2.75) is 13.8 Å². The molecule has 1 aliphatic rings. The first-order chi connectivity index (χ1) is 6.63. The number of amides is 1. The Hall–Kier alpha value is -1.51. The minimum Gasteiger partial charge on any atom is -0.365 e. The third kappa shape index (κ3) is 1.09. The molecule has 0 fully saturated rings. The van der Waals surface area contributed by atoms with Gasteiger partial charge in [0.2, 0.25) is 13.9 Å². The van der Waals surface area contributed by atoms with Gasteiger partial charge in [0.15, 0.2) is 0 Å². The Balaban J connectivity index is 2.72. The van der Waals surface area contributed by atoms with E-state index >= 15 is 0 Å². The maximum absolute atomic E-state index is 11.7. The molecule has 0 spiro atoms. The van der Waals surface area contributed by atoms with Gasteiger partial charge in [-0.1, -0.05) is 23.8 Å². The first-order valence-corrected chi connectivity index (χ1v) is 4.49. The molecule has 1 aromatic rings. The standard InChI is InChI=1S/C11H10BNO/c1-7(2)10-8-5-3-4-6-9(8)13(12)11(10)14/h3-6H,1-2H3. The minimum atomic E-state index is -0.119. The third-order valence-electron chi connectivity index (χ3n) is 2.37. The lowest BCUT2D eigenvalue weighted by molar-refractivity contribution is -0.112. The number of hydrogen-bond acceptors (Lipinski definition) is 1. The Bertz CT molecular complexity index is 433. The highest BCUT2D eigenvalue weighted by atomic mass is 16.2. The molecular formula is C11H10BNO. The summed E-state index contributed by atoms with van der Waals surface area (Å²) in [6.07, 6.45) is 0. The van der Waals surface area contributed by atoms with Gasteiger partial charge >= 0.3 is 0 Å². The minimum absolute atomic E-state index is 0.119. The normalized spacial score (nSPS) is 14.6. The van der Waals surface area contributed by atoms with Crippen molar-refractivity contribution in [3.63, 3.8) is 0 Å². The van der Waals surface area contributed by atoms with Crippen LogP contribution in [0.4, 0.5) is 5.69 Å². The topological polar surface area (TPSA) is 20.3 Å². The number of benzene rings is 1. The van der Waals surface area contributed by atoms with Crippen LogP contribution in [0, 0.1) is 0 Å². The highest BCUT2D eigenvalue weighted by Crippen LogP contribution is 2.36. The van der Waals surface area contributed by atoms with Crippen LogP contribution in [0.5, 0.6) is 0 Å². The molecule has 14 heavy (non-hydrogen) atoms. The summed E-state index contributed by atoms with van der Waals surface area (Å²) in [4.78, 5) is 13.0. The molecule has 1 heterocycles. The second-order valence-electron chi connectivity index (χ2n) is 3.57. The van der Waals surface area contributed by atoms with E-state index in [1.165, 1.54) is 4.81 Å². The molecule has 3 heteroatoms. The summed E-state index contributed by atoms with van der Waals surface area (Å²) < 4.78 is 0. The summed E-state index contributed by atoms with van der Waals surface area (Å²) in [7, 11) is 5.67. The van der Waals surface area contributed by atoms with Crippen molar-refractivity contribution in [2.24, 2.45) is 0 Å². The van der Waals surface area contributed by atoms with Crippen LogP contribution in [0.2, 0.25) is 0 Å². The second-order valence-corrected chi connectivity index (χ2v) is 3.57. The number of rotatable bonds is 0. The zero-order valence-electron chi connectivity index (χ0n) is 8.24. The first kappa shape index (κ1) is 9.07. The van der Waals surface area contributed by atoms with Crippen LogP contribution >= 0.6 is 0 Å². The third-order valence-corrected chi connectivity index (χ3v) is 2.37. The zero-order valence-corrected chi connectivity index (χ0v) is 8.24. The molecule has 0 N–H and O–H groups in total. The number of carbonyl (C=O) groups excluding carboxylic acids is 1. The van der Waals surface area contributed by atoms with E-state index in [9.17, 15) is 4.79 Å². The molecule has 0 aromatic heterocycles. The van der Waals surface area contributed by atoms with Crippen molar-refractivity contribution in [3.8, 4) is 0 Å². The van der Waals surface area contributed by atoms with Crippen LogP contribution < -0.4 is 4.81 Å². The fraction of sp³-hybridized carbons (Fsp3) is 0.182. The average Bonchev–Trinajstić information content (AvgIpc) is 2.41. The largest absolute Gasteiger partial charge is 0.365 e. The lowest BCUT2D eigenvalue weighted by Crippen LogP contribution is -2.22. The maximum atomic E-state index is 11.7. The highest BCUT2D eigenvalue weighted by Gasteiger charge is 2.28. The molecule has 0 saturated heterocycles. The Kier molecular flexibility index (Phi) is 1.95.